The minimum atomic E-state index is -0.0536. The fourth-order valence-corrected chi connectivity index (χ4v) is 1.90. The van der Waals surface area contributed by atoms with Crippen molar-refractivity contribution in [2.45, 2.75) is 38.8 Å². The third kappa shape index (κ3) is 3.76. The largest absolute Gasteiger partial charge is 0.380 e. The highest BCUT2D eigenvalue weighted by Gasteiger charge is 2.30. The molecule has 0 saturated carbocycles. The molecule has 1 aliphatic heterocycles. The summed E-state index contributed by atoms with van der Waals surface area (Å²) in [5.41, 5.74) is 0. The third-order valence-electron chi connectivity index (χ3n) is 3.14. The van der Waals surface area contributed by atoms with Crippen LogP contribution in [0.5, 0.6) is 0 Å². The first-order valence-corrected chi connectivity index (χ1v) is 6.05. The number of rotatable bonds is 5. The molecule has 0 aromatic rings. The molecule has 2 unspecified atom stereocenters. The zero-order chi connectivity index (χ0) is 12.1. The Balaban J connectivity index is 2.33. The Bertz CT molecular complexity index is 231. The Morgan fingerprint density at radius 1 is 1.56 bits per heavy atom. The van der Waals surface area contributed by atoms with Crippen LogP contribution in [0.15, 0.2) is 0 Å². The van der Waals surface area contributed by atoms with E-state index in [9.17, 15) is 4.79 Å². The first-order valence-electron chi connectivity index (χ1n) is 6.05. The van der Waals surface area contributed by atoms with Crippen LogP contribution in [0.1, 0.15) is 26.7 Å². The molecule has 4 nitrogen and oxygen atoms in total. The smallest absolute Gasteiger partial charge is 0.239 e. The lowest BCUT2D eigenvalue weighted by Gasteiger charge is -2.22. The predicted molar refractivity (Wildman–Crippen MR) is 64.3 cm³/mol. The number of likely N-dealkylation sites (N-methyl/N-ethyl adjacent to an activating group) is 1. The Morgan fingerprint density at radius 2 is 2.25 bits per heavy atom. The molecule has 1 saturated heterocycles. The predicted octanol–water partition coefficient (Wildman–Crippen LogP) is 0.868. The third-order valence-corrected chi connectivity index (χ3v) is 3.14. The van der Waals surface area contributed by atoms with Gasteiger partial charge in [0.05, 0.1) is 12.1 Å². The zero-order valence-corrected chi connectivity index (χ0v) is 10.8. The first-order chi connectivity index (χ1) is 7.54. The second kappa shape index (κ2) is 6.21. The van der Waals surface area contributed by atoms with Crippen molar-refractivity contribution in [3.05, 3.63) is 0 Å². The van der Waals surface area contributed by atoms with E-state index < -0.39 is 0 Å². The lowest BCUT2D eigenvalue weighted by atomic mass is 10.1. The van der Waals surface area contributed by atoms with Gasteiger partial charge in [0, 0.05) is 27.2 Å². The molecule has 2 atom stereocenters. The van der Waals surface area contributed by atoms with Crippen LogP contribution in [0.2, 0.25) is 0 Å². The molecule has 0 aromatic carbocycles. The Hall–Kier alpha value is -0.610. The molecule has 1 fully saturated rings. The molecule has 0 aromatic heterocycles. The van der Waals surface area contributed by atoms with Gasteiger partial charge in [-0.15, -0.1) is 0 Å². The van der Waals surface area contributed by atoms with Crippen LogP contribution in [-0.4, -0.2) is 50.2 Å². The second-order valence-electron chi connectivity index (χ2n) is 5.00. The van der Waals surface area contributed by atoms with Gasteiger partial charge in [-0.05, 0) is 18.8 Å². The van der Waals surface area contributed by atoms with Crippen LogP contribution in [0.4, 0.5) is 0 Å². The van der Waals surface area contributed by atoms with E-state index in [1.165, 1.54) is 0 Å². The standard InChI is InChI=1S/C12H24N2O2/c1-9(2)5-6-14(3)12(15)11-7-10(16-4)8-13-11/h9-11,13H,5-8H2,1-4H3. The first kappa shape index (κ1) is 13.5. The van der Waals surface area contributed by atoms with Crippen molar-refractivity contribution in [2.24, 2.45) is 5.92 Å². The minimum Gasteiger partial charge on any atom is -0.380 e. The van der Waals surface area contributed by atoms with Gasteiger partial charge in [0.2, 0.25) is 5.91 Å². The van der Waals surface area contributed by atoms with Gasteiger partial charge < -0.3 is 15.0 Å². The van der Waals surface area contributed by atoms with E-state index in [4.69, 9.17) is 4.74 Å². The number of carbonyl (C=O) groups is 1. The number of nitrogens with zero attached hydrogens (tertiary/aromatic N) is 1. The molecular formula is C12H24N2O2. The fraction of sp³-hybridized carbons (Fsp3) is 0.917. The number of amides is 1. The molecule has 0 bridgehead atoms. The van der Waals surface area contributed by atoms with E-state index in [-0.39, 0.29) is 18.1 Å². The minimum absolute atomic E-state index is 0.0536. The van der Waals surface area contributed by atoms with E-state index in [1.54, 1.807) is 7.11 Å². The van der Waals surface area contributed by atoms with Crippen molar-refractivity contribution in [2.75, 3.05) is 27.2 Å². The highest BCUT2D eigenvalue weighted by Crippen LogP contribution is 2.12. The van der Waals surface area contributed by atoms with Crippen LogP contribution >= 0.6 is 0 Å². The molecule has 1 amide bonds. The quantitative estimate of drug-likeness (QED) is 0.759. The Kier molecular flexibility index (Phi) is 5.22. The summed E-state index contributed by atoms with van der Waals surface area (Å²) in [6.45, 7) is 5.97. The highest BCUT2D eigenvalue weighted by molar-refractivity contribution is 5.82. The van der Waals surface area contributed by atoms with Gasteiger partial charge in [-0.2, -0.15) is 0 Å². The Morgan fingerprint density at radius 3 is 2.75 bits per heavy atom. The lowest BCUT2D eigenvalue weighted by molar-refractivity contribution is -0.132. The molecule has 0 spiro atoms. The average Bonchev–Trinajstić information content (AvgIpc) is 2.73. The van der Waals surface area contributed by atoms with Gasteiger partial charge in [0.1, 0.15) is 0 Å². The van der Waals surface area contributed by atoms with Gasteiger partial charge in [0.15, 0.2) is 0 Å². The van der Waals surface area contributed by atoms with Crippen LogP contribution in [-0.2, 0) is 9.53 Å². The van der Waals surface area contributed by atoms with Crippen molar-refractivity contribution in [3.8, 4) is 0 Å². The van der Waals surface area contributed by atoms with Crippen molar-refractivity contribution in [3.63, 3.8) is 0 Å². The van der Waals surface area contributed by atoms with Crippen molar-refractivity contribution in [1.82, 2.24) is 10.2 Å². The van der Waals surface area contributed by atoms with Crippen LogP contribution in [0, 0.1) is 5.92 Å². The lowest BCUT2D eigenvalue weighted by Crippen LogP contribution is -2.42. The summed E-state index contributed by atoms with van der Waals surface area (Å²) in [6.07, 6.45) is 2.04. The van der Waals surface area contributed by atoms with Crippen molar-refractivity contribution >= 4 is 5.91 Å². The van der Waals surface area contributed by atoms with Crippen LogP contribution in [0.25, 0.3) is 0 Å². The molecule has 1 N–H and O–H groups in total. The molecule has 94 valence electrons. The maximum Gasteiger partial charge on any atom is 0.239 e. The summed E-state index contributed by atoms with van der Waals surface area (Å²) in [7, 11) is 3.58. The van der Waals surface area contributed by atoms with Gasteiger partial charge in [-0.3, -0.25) is 4.79 Å². The summed E-state index contributed by atoms with van der Waals surface area (Å²) in [5, 5.41) is 3.21. The number of carbonyl (C=O) groups excluding carboxylic acids is 1. The van der Waals surface area contributed by atoms with E-state index in [2.05, 4.69) is 19.2 Å². The van der Waals surface area contributed by atoms with E-state index >= 15 is 0 Å². The van der Waals surface area contributed by atoms with Gasteiger partial charge in [0.25, 0.3) is 0 Å². The number of nitrogens with one attached hydrogen (secondary N) is 1. The molecule has 16 heavy (non-hydrogen) atoms. The molecular weight excluding hydrogens is 204 g/mol. The summed E-state index contributed by atoms with van der Waals surface area (Å²) in [5.74, 6) is 0.832. The zero-order valence-electron chi connectivity index (χ0n) is 10.8. The molecule has 0 radical (unpaired) electrons. The van der Waals surface area contributed by atoms with Crippen LogP contribution in [0.3, 0.4) is 0 Å². The molecule has 0 aliphatic carbocycles. The normalized spacial score (nSPS) is 25.1. The van der Waals surface area contributed by atoms with E-state index in [0.29, 0.717) is 5.92 Å². The van der Waals surface area contributed by atoms with Gasteiger partial charge in [-0.1, -0.05) is 13.8 Å². The van der Waals surface area contributed by atoms with Crippen molar-refractivity contribution < 1.29 is 9.53 Å². The summed E-state index contributed by atoms with van der Waals surface area (Å²) < 4.78 is 5.24. The summed E-state index contributed by atoms with van der Waals surface area (Å²) in [4.78, 5) is 13.9. The monoisotopic (exact) mass is 228 g/mol. The summed E-state index contributed by atoms with van der Waals surface area (Å²) in [6, 6.07) is -0.0536. The van der Waals surface area contributed by atoms with Gasteiger partial charge >= 0.3 is 0 Å². The maximum absolute atomic E-state index is 12.0. The number of hydrogen-bond acceptors (Lipinski definition) is 3. The summed E-state index contributed by atoms with van der Waals surface area (Å²) >= 11 is 0. The maximum atomic E-state index is 12.0. The highest BCUT2D eigenvalue weighted by atomic mass is 16.5. The molecule has 1 heterocycles. The number of ether oxygens (including phenoxy) is 1. The SMILES string of the molecule is COC1CNC(C(=O)N(C)CCC(C)C)C1. The number of hydrogen-bond donors (Lipinski definition) is 1. The van der Waals surface area contributed by atoms with Crippen LogP contribution < -0.4 is 5.32 Å². The van der Waals surface area contributed by atoms with E-state index in [0.717, 1.165) is 25.9 Å². The second-order valence-corrected chi connectivity index (χ2v) is 5.00. The number of methoxy groups -OCH3 is 1. The molecule has 4 heteroatoms. The molecule has 1 rings (SSSR count). The van der Waals surface area contributed by atoms with E-state index in [1.807, 2.05) is 11.9 Å². The average molecular weight is 228 g/mol. The Labute approximate surface area is 98.3 Å². The fourth-order valence-electron chi connectivity index (χ4n) is 1.90. The topological polar surface area (TPSA) is 41.6 Å². The van der Waals surface area contributed by atoms with Crippen molar-refractivity contribution in [1.29, 1.82) is 0 Å². The molecule has 1 aliphatic rings. The van der Waals surface area contributed by atoms with Gasteiger partial charge in [-0.25, -0.2) is 0 Å².